The molecule has 3 amide bonds. The van der Waals surface area contributed by atoms with Crippen molar-refractivity contribution in [1.29, 1.82) is 0 Å². The molecule has 8 heteroatoms. The van der Waals surface area contributed by atoms with Crippen LogP contribution in [-0.2, 0) is 20.9 Å². The molecule has 186 valence electrons. The van der Waals surface area contributed by atoms with Crippen molar-refractivity contribution < 1.29 is 14.4 Å². The second-order valence-electron chi connectivity index (χ2n) is 8.74. The molecule has 0 radical (unpaired) electrons. The second kappa shape index (κ2) is 12.0. The summed E-state index contributed by atoms with van der Waals surface area (Å²) in [7, 11) is 0. The first-order valence-electron chi connectivity index (χ1n) is 12.2. The summed E-state index contributed by atoms with van der Waals surface area (Å²) in [6.45, 7) is 4.59. The lowest BCUT2D eigenvalue weighted by Crippen LogP contribution is -2.50. The Morgan fingerprint density at radius 1 is 0.917 bits per heavy atom. The fourth-order valence-corrected chi connectivity index (χ4v) is 4.18. The number of hydrogen-bond donors (Lipinski definition) is 1. The molecule has 0 atom stereocenters. The van der Waals surface area contributed by atoms with Gasteiger partial charge in [0.1, 0.15) is 0 Å². The Balaban J connectivity index is 1.34. The van der Waals surface area contributed by atoms with Gasteiger partial charge in [-0.3, -0.25) is 19.1 Å². The summed E-state index contributed by atoms with van der Waals surface area (Å²) in [5.41, 5.74) is 3.75. The van der Waals surface area contributed by atoms with E-state index in [9.17, 15) is 14.4 Å². The van der Waals surface area contributed by atoms with Gasteiger partial charge < -0.3 is 15.1 Å². The largest absolute Gasteiger partial charge is 0.352 e. The van der Waals surface area contributed by atoms with E-state index in [0.29, 0.717) is 32.7 Å². The lowest BCUT2D eigenvalue weighted by atomic mass is 10.1. The second-order valence-corrected chi connectivity index (χ2v) is 8.74. The summed E-state index contributed by atoms with van der Waals surface area (Å²) >= 11 is 0. The molecule has 1 N–H and O–H groups in total. The van der Waals surface area contributed by atoms with Crippen molar-refractivity contribution in [3.05, 3.63) is 84.1 Å². The topological polar surface area (TPSA) is 87.5 Å². The monoisotopic (exact) mass is 485 g/mol. The molecule has 3 aromatic rings. The molecule has 0 aliphatic carbocycles. The number of piperazine rings is 1. The minimum atomic E-state index is -0.265. The maximum Gasteiger partial charge on any atom is 0.244 e. The molecule has 0 unspecified atom stereocenters. The van der Waals surface area contributed by atoms with Crippen LogP contribution in [0.4, 0.5) is 0 Å². The van der Waals surface area contributed by atoms with Crippen LogP contribution in [0.5, 0.6) is 0 Å². The smallest absolute Gasteiger partial charge is 0.244 e. The summed E-state index contributed by atoms with van der Waals surface area (Å²) in [6.07, 6.45) is 5.40. The summed E-state index contributed by atoms with van der Waals surface area (Å²) < 4.78 is 1.87. The molecule has 0 saturated carbocycles. The Hall–Kier alpha value is -4.20. The van der Waals surface area contributed by atoms with E-state index in [1.54, 1.807) is 15.9 Å². The van der Waals surface area contributed by atoms with E-state index < -0.39 is 0 Å². The molecule has 8 nitrogen and oxygen atoms in total. The number of nitrogens with zero attached hydrogens (tertiary/aromatic N) is 4. The van der Waals surface area contributed by atoms with Gasteiger partial charge in [0, 0.05) is 69.5 Å². The Kier molecular flexibility index (Phi) is 8.28. The van der Waals surface area contributed by atoms with Crippen LogP contribution in [0.3, 0.4) is 0 Å². The van der Waals surface area contributed by atoms with E-state index in [1.807, 2.05) is 59.4 Å². The quantitative estimate of drug-likeness (QED) is 0.497. The van der Waals surface area contributed by atoms with E-state index in [2.05, 4.69) is 17.4 Å². The Labute approximate surface area is 211 Å². The zero-order valence-corrected chi connectivity index (χ0v) is 20.5. The average molecular weight is 486 g/mol. The molecular formula is C28H31N5O3. The van der Waals surface area contributed by atoms with Crippen molar-refractivity contribution in [1.82, 2.24) is 24.9 Å². The van der Waals surface area contributed by atoms with Crippen LogP contribution in [0.2, 0.25) is 0 Å². The minimum Gasteiger partial charge on any atom is -0.352 e. The lowest BCUT2D eigenvalue weighted by Gasteiger charge is -2.34. The van der Waals surface area contributed by atoms with E-state index in [0.717, 1.165) is 22.4 Å². The highest BCUT2D eigenvalue weighted by atomic mass is 16.2. The molecule has 4 rings (SSSR count). The van der Waals surface area contributed by atoms with Crippen molar-refractivity contribution in [3.63, 3.8) is 0 Å². The van der Waals surface area contributed by atoms with Gasteiger partial charge in [-0.05, 0) is 11.6 Å². The molecule has 1 aliphatic heterocycles. The predicted octanol–water partition coefficient (Wildman–Crippen LogP) is 2.81. The number of carbonyl (C=O) groups is 3. The molecule has 1 fully saturated rings. The van der Waals surface area contributed by atoms with Crippen molar-refractivity contribution >= 4 is 23.8 Å². The molecule has 0 spiro atoms. The first-order chi connectivity index (χ1) is 17.5. The number of rotatable bonds is 8. The standard InChI is InChI=1S/C28H31N5O3/c1-22(34)31-16-18-32(19-17-31)27(36)14-15-29-26(35)13-12-25-21-33(20-23-8-4-2-5-9-23)30-28(25)24-10-6-3-7-11-24/h2-13,21H,14-20H2,1H3,(H,29,35)/b13-12+. The third-order valence-electron chi connectivity index (χ3n) is 6.15. The first kappa shape index (κ1) is 24.9. The van der Waals surface area contributed by atoms with E-state index >= 15 is 0 Å². The summed E-state index contributed by atoms with van der Waals surface area (Å²) in [6, 6.07) is 20.0. The minimum absolute atomic E-state index is 0.0176. The highest BCUT2D eigenvalue weighted by Crippen LogP contribution is 2.23. The van der Waals surface area contributed by atoms with Crippen LogP contribution in [0, 0.1) is 0 Å². The Morgan fingerprint density at radius 2 is 1.56 bits per heavy atom. The van der Waals surface area contributed by atoms with E-state index in [1.165, 1.54) is 13.0 Å². The fourth-order valence-electron chi connectivity index (χ4n) is 4.18. The highest BCUT2D eigenvalue weighted by molar-refractivity contribution is 5.93. The van der Waals surface area contributed by atoms with Crippen molar-refractivity contribution in [3.8, 4) is 11.3 Å². The number of aromatic nitrogens is 2. The van der Waals surface area contributed by atoms with Crippen molar-refractivity contribution in [2.45, 2.75) is 19.9 Å². The molecule has 1 aliphatic rings. The van der Waals surface area contributed by atoms with Gasteiger partial charge in [-0.15, -0.1) is 0 Å². The zero-order chi connectivity index (χ0) is 25.3. The Morgan fingerprint density at radius 3 is 2.22 bits per heavy atom. The van der Waals surface area contributed by atoms with Gasteiger partial charge >= 0.3 is 0 Å². The third kappa shape index (κ3) is 6.69. The fraction of sp³-hybridized carbons (Fsp3) is 0.286. The number of carbonyl (C=O) groups excluding carboxylic acids is 3. The molecule has 36 heavy (non-hydrogen) atoms. The average Bonchev–Trinajstić information content (AvgIpc) is 3.31. The van der Waals surface area contributed by atoms with Gasteiger partial charge in [0.2, 0.25) is 17.7 Å². The normalized spacial score (nSPS) is 13.7. The van der Waals surface area contributed by atoms with Crippen LogP contribution in [-0.4, -0.2) is 70.0 Å². The van der Waals surface area contributed by atoms with Crippen molar-refractivity contribution in [2.24, 2.45) is 0 Å². The zero-order valence-electron chi connectivity index (χ0n) is 20.5. The number of amides is 3. The van der Waals surface area contributed by atoms with E-state index in [4.69, 9.17) is 5.10 Å². The van der Waals surface area contributed by atoms with Crippen molar-refractivity contribution in [2.75, 3.05) is 32.7 Å². The van der Waals surface area contributed by atoms with Gasteiger partial charge in [-0.25, -0.2) is 0 Å². The molecular weight excluding hydrogens is 454 g/mol. The van der Waals surface area contributed by atoms with Gasteiger partial charge in [0.15, 0.2) is 0 Å². The molecule has 0 bridgehead atoms. The third-order valence-corrected chi connectivity index (χ3v) is 6.15. The van der Waals surface area contributed by atoms with Gasteiger partial charge in [0.05, 0.1) is 12.2 Å². The molecule has 1 saturated heterocycles. The van der Waals surface area contributed by atoms with Gasteiger partial charge in [0.25, 0.3) is 0 Å². The molecule has 1 aromatic heterocycles. The number of benzene rings is 2. The Bertz CT molecular complexity index is 1210. The van der Waals surface area contributed by atoms with E-state index in [-0.39, 0.29) is 30.7 Å². The SMILES string of the molecule is CC(=O)N1CCN(C(=O)CCNC(=O)/C=C/c2cn(Cc3ccccc3)nc2-c2ccccc2)CC1. The van der Waals surface area contributed by atoms with Gasteiger partial charge in [-0.1, -0.05) is 60.7 Å². The molecule has 2 heterocycles. The summed E-state index contributed by atoms with van der Waals surface area (Å²) in [5.74, 6) is -0.253. The number of nitrogens with one attached hydrogen (secondary N) is 1. The maximum atomic E-state index is 12.4. The van der Waals surface area contributed by atoms with Gasteiger partial charge in [-0.2, -0.15) is 5.10 Å². The number of hydrogen-bond acceptors (Lipinski definition) is 4. The first-order valence-corrected chi connectivity index (χ1v) is 12.2. The van der Waals surface area contributed by atoms with Crippen LogP contribution in [0.25, 0.3) is 17.3 Å². The summed E-state index contributed by atoms with van der Waals surface area (Å²) in [5, 5.41) is 7.56. The van der Waals surface area contributed by atoms with Crippen LogP contribution in [0.15, 0.2) is 72.9 Å². The lowest BCUT2D eigenvalue weighted by molar-refractivity contribution is -0.138. The van der Waals surface area contributed by atoms with Crippen LogP contribution < -0.4 is 5.32 Å². The predicted molar refractivity (Wildman–Crippen MR) is 139 cm³/mol. The maximum absolute atomic E-state index is 12.4. The summed E-state index contributed by atoms with van der Waals surface area (Å²) in [4.78, 5) is 39.8. The van der Waals surface area contributed by atoms with Crippen LogP contribution >= 0.6 is 0 Å². The highest BCUT2D eigenvalue weighted by Gasteiger charge is 2.21. The van der Waals surface area contributed by atoms with Crippen LogP contribution in [0.1, 0.15) is 24.5 Å². The molecule has 2 aromatic carbocycles.